The molecule has 90 valence electrons. The van der Waals surface area contributed by atoms with Gasteiger partial charge in [-0.2, -0.15) is 0 Å². The van der Waals surface area contributed by atoms with Crippen LogP contribution in [0.25, 0.3) is 0 Å². The number of likely N-dealkylation sites (N-methyl/N-ethyl adjacent to an activating group) is 1. The molecule has 0 aliphatic carbocycles. The Morgan fingerprint density at radius 1 is 1.06 bits per heavy atom. The fourth-order valence-electron chi connectivity index (χ4n) is 2.77. The minimum Gasteiger partial charge on any atom is -0.306 e. The SMILES string of the molecule is C#C[C@@H]1CN(C2CCN(C)CC2)CCN1C. The first kappa shape index (κ1) is 11.9. The van der Waals surface area contributed by atoms with Crippen molar-refractivity contribution in [2.75, 3.05) is 46.8 Å². The number of piperidine rings is 1. The van der Waals surface area contributed by atoms with Gasteiger partial charge in [0.15, 0.2) is 0 Å². The summed E-state index contributed by atoms with van der Waals surface area (Å²) in [5, 5.41) is 0. The number of hydrogen-bond acceptors (Lipinski definition) is 3. The summed E-state index contributed by atoms with van der Waals surface area (Å²) in [6.45, 7) is 5.82. The summed E-state index contributed by atoms with van der Waals surface area (Å²) >= 11 is 0. The quantitative estimate of drug-likeness (QED) is 0.591. The second kappa shape index (κ2) is 5.18. The van der Waals surface area contributed by atoms with Crippen LogP contribution in [0.1, 0.15) is 12.8 Å². The van der Waals surface area contributed by atoms with Crippen LogP contribution in [0, 0.1) is 12.3 Å². The summed E-state index contributed by atoms with van der Waals surface area (Å²) in [4.78, 5) is 7.33. The first-order chi connectivity index (χ1) is 7.70. The van der Waals surface area contributed by atoms with Crippen molar-refractivity contribution < 1.29 is 0 Å². The predicted octanol–water partition coefficient (Wildman–Crippen LogP) is 0.330. The third kappa shape index (κ3) is 2.57. The van der Waals surface area contributed by atoms with Gasteiger partial charge >= 0.3 is 0 Å². The maximum Gasteiger partial charge on any atom is 0.0838 e. The lowest BCUT2D eigenvalue weighted by Gasteiger charge is -2.43. The van der Waals surface area contributed by atoms with E-state index in [1.807, 2.05) is 0 Å². The molecule has 0 amide bonds. The highest BCUT2D eigenvalue weighted by Gasteiger charge is 2.29. The number of rotatable bonds is 1. The molecule has 0 unspecified atom stereocenters. The average Bonchev–Trinajstić information content (AvgIpc) is 2.31. The predicted molar refractivity (Wildman–Crippen MR) is 67.3 cm³/mol. The number of hydrogen-bond donors (Lipinski definition) is 0. The van der Waals surface area contributed by atoms with Gasteiger partial charge < -0.3 is 4.90 Å². The van der Waals surface area contributed by atoms with Crippen LogP contribution < -0.4 is 0 Å². The van der Waals surface area contributed by atoms with Gasteiger partial charge in [-0.3, -0.25) is 9.80 Å². The van der Waals surface area contributed by atoms with Gasteiger partial charge in [0.25, 0.3) is 0 Å². The van der Waals surface area contributed by atoms with Crippen LogP contribution in [0.15, 0.2) is 0 Å². The van der Waals surface area contributed by atoms with Crippen LogP contribution in [-0.2, 0) is 0 Å². The lowest BCUT2D eigenvalue weighted by molar-refractivity contribution is 0.0572. The Balaban J connectivity index is 1.88. The molecule has 2 saturated heterocycles. The summed E-state index contributed by atoms with van der Waals surface area (Å²) < 4.78 is 0. The fourth-order valence-corrected chi connectivity index (χ4v) is 2.77. The van der Waals surface area contributed by atoms with Crippen molar-refractivity contribution >= 4 is 0 Å². The minimum absolute atomic E-state index is 0.313. The number of terminal acetylenes is 1. The normalized spacial score (nSPS) is 31.4. The largest absolute Gasteiger partial charge is 0.306 e. The number of likely N-dealkylation sites (tertiary alicyclic amines) is 1. The molecule has 0 radical (unpaired) electrons. The minimum atomic E-state index is 0.313. The zero-order chi connectivity index (χ0) is 11.5. The molecule has 0 saturated carbocycles. The van der Waals surface area contributed by atoms with Crippen LogP contribution in [0.5, 0.6) is 0 Å². The van der Waals surface area contributed by atoms with Gasteiger partial charge in [0.2, 0.25) is 0 Å². The third-order valence-corrected chi connectivity index (χ3v) is 4.08. The fraction of sp³-hybridized carbons (Fsp3) is 0.846. The van der Waals surface area contributed by atoms with Gasteiger partial charge in [0.05, 0.1) is 6.04 Å². The molecule has 1 atom stereocenters. The van der Waals surface area contributed by atoms with Crippen molar-refractivity contribution in [1.29, 1.82) is 0 Å². The third-order valence-electron chi connectivity index (χ3n) is 4.08. The molecule has 0 aromatic heterocycles. The highest BCUT2D eigenvalue weighted by molar-refractivity contribution is 5.03. The maximum atomic E-state index is 5.58. The van der Waals surface area contributed by atoms with Gasteiger partial charge in [-0.1, -0.05) is 5.92 Å². The van der Waals surface area contributed by atoms with E-state index in [1.54, 1.807) is 0 Å². The number of nitrogens with zero attached hydrogens (tertiary/aromatic N) is 3. The topological polar surface area (TPSA) is 9.72 Å². The summed E-state index contributed by atoms with van der Waals surface area (Å²) in [7, 11) is 4.35. The maximum absolute atomic E-state index is 5.58. The van der Waals surface area contributed by atoms with Crippen molar-refractivity contribution in [3.8, 4) is 12.3 Å². The lowest BCUT2D eigenvalue weighted by atomic mass is 10.0. The van der Waals surface area contributed by atoms with Gasteiger partial charge in [-0.05, 0) is 40.0 Å². The van der Waals surface area contributed by atoms with E-state index in [2.05, 4.69) is 34.7 Å². The average molecular weight is 221 g/mol. The van der Waals surface area contributed by atoms with E-state index in [0.717, 1.165) is 19.1 Å². The van der Waals surface area contributed by atoms with E-state index < -0.39 is 0 Å². The Morgan fingerprint density at radius 3 is 2.38 bits per heavy atom. The molecular formula is C13H23N3. The zero-order valence-corrected chi connectivity index (χ0v) is 10.5. The van der Waals surface area contributed by atoms with Gasteiger partial charge in [0, 0.05) is 25.7 Å². The first-order valence-electron chi connectivity index (χ1n) is 6.29. The molecule has 2 rings (SSSR count). The molecule has 0 aromatic rings. The van der Waals surface area contributed by atoms with Gasteiger partial charge in [-0.15, -0.1) is 6.42 Å². The molecule has 3 nitrogen and oxygen atoms in total. The molecule has 2 aliphatic heterocycles. The lowest BCUT2D eigenvalue weighted by Crippen LogP contribution is -2.55. The Labute approximate surface area is 99.4 Å². The monoisotopic (exact) mass is 221 g/mol. The van der Waals surface area contributed by atoms with E-state index >= 15 is 0 Å². The van der Waals surface area contributed by atoms with Crippen molar-refractivity contribution in [2.45, 2.75) is 24.9 Å². The van der Waals surface area contributed by atoms with Crippen molar-refractivity contribution in [2.24, 2.45) is 0 Å². The van der Waals surface area contributed by atoms with E-state index in [0.29, 0.717) is 6.04 Å². The molecule has 2 heterocycles. The van der Waals surface area contributed by atoms with Crippen molar-refractivity contribution in [3.63, 3.8) is 0 Å². The molecule has 0 N–H and O–H groups in total. The van der Waals surface area contributed by atoms with Crippen LogP contribution in [0.3, 0.4) is 0 Å². The molecule has 0 bridgehead atoms. The molecule has 0 aromatic carbocycles. The van der Waals surface area contributed by atoms with Gasteiger partial charge in [0.1, 0.15) is 0 Å². The Hall–Kier alpha value is -0.560. The summed E-state index contributed by atoms with van der Waals surface area (Å²) in [6, 6.07) is 1.08. The Morgan fingerprint density at radius 2 is 1.75 bits per heavy atom. The molecule has 2 fully saturated rings. The second-order valence-electron chi connectivity index (χ2n) is 5.19. The second-order valence-corrected chi connectivity index (χ2v) is 5.19. The zero-order valence-electron chi connectivity index (χ0n) is 10.5. The van der Waals surface area contributed by atoms with Crippen molar-refractivity contribution in [1.82, 2.24) is 14.7 Å². The van der Waals surface area contributed by atoms with E-state index in [4.69, 9.17) is 6.42 Å². The first-order valence-corrected chi connectivity index (χ1v) is 6.29. The highest BCUT2D eigenvalue weighted by atomic mass is 15.3. The smallest absolute Gasteiger partial charge is 0.0838 e. The van der Waals surface area contributed by atoms with Crippen LogP contribution in [-0.4, -0.2) is 73.6 Å². The Bertz CT molecular complexity index is 263. The summed E-state index contributed by atoms with van der Waals surface area (Å²) in [6.07, 6.45) is 8.19. The molecular weight excluding hydrogens is 198 g/mol. The molecule has 2 aliphatic rings. The van der Waals surface area contributed by atoms with Crippen LogP contribution in [0.4, 0.5) is 0 Å². The van der Waals surface area contributed by atoms with Crippen LogP contribution >= 0.6 is 0 Å². The van der Waals surface area contributed by atoms with E-state index in [-0.39, 0.29) is 0 Å². The van der Waals surface area contributed by atoms with Crippen molar-refractivity contribution in [3.05, 3.63) is 0 Å². The molecule has 3 heteroatoms. The molecule has 16 heavy (non-hydrogen) atoms. The Kier molecular flexibility index (Phi) is 3.86. The van der Waals surface area contributed by atoms with Crippen LogP contribution in [0.2, 0.25) is 0 Å². The number of piperazine rings is 1. The molecule has 0 spiro atoms. The summed E-state index contributed by atoms with van der Waals surface area (Å²) in [5.41, 5.74) is 0. The van der Waals surface area contributed by atoms with Gasteiger partial charge in [-0.25, -0.2) is 0 Å². The van der Waals surface area contributed by atoms with E-state index in [9.17, 15) is 0 Å². The summed E-state index contributed by atoms with van der Waals surface area (Å²) in [5.74, 6) is 2.91. The van der Waals surface area contributed by atoms with E-state index in [1.165, 1.54) is 32.5 Å². The highest BCUT2D eigenvalue weighted by Crippen LogP contribution is 2.18. The standard InChI is InChI=1S/C13H23N3/c1-4-12-11-16(10-9-15(12)3)13-5-7-14(2)8-6-13/h1,12-13H,5-11H2,2-3H3/t12-/m1/s1.